The lowest BCUT2D eigenvalue weighted by Gasteiger charge is -2.23. The molecule has 2 aromatic rings. The molecule has 0 radical (unpaired) electrons. The van der Waals surface area contributed by atoms with E-state index in [2.05, 4.69) is 27.7 Å². The van der Waals surface area contributed by atoms with Gasteiger partial charge in [-0.05, 0) is 54.7 Å². The molecule has 190 valence electrons. The zero-order valence-electron chi connectivity index (χ0n) is 19.6. The fourth-order valence-electron chi connectivity index (χ4n) is 3.63. The molecule has 0 bridgehead atoms. The van der Waals surface area contributed by atoms with Crippen molar-refractivity contribution in [3.63, 3.8) is 0 Å². The molecule has 0 aliphatic heterocycles. The Labute approximate surface area is 197 Å². The minimum atomic E-state index is -5.50. The molecule has 5 nitrogen and oxygen atoms in total. The third-order valence-corrected chi connectivity index (χ3v) is 6.21. The lowest BCUT2D eigenvalue weighted by atomic mass is 9.82. The van der Waals surface area contributed by atoms with Crippen molar-refractivity contribution in [3.05, 3.63) is 53.1 Å². The minimum absolute atomic E-state index is 0.240. The van der Waals surface area contributed by atoms with Gasteiger partial charge in [-0.1, -0.05) is 39.8 Å². The average molecular weight is 507 g/mol. The van der Waals surface area contributed by atoms with Gasteiger partial charge in [-0.3, -0.25) is 4.55 Å². The number of halogens is 4. The molecule has 0 fully saturated rings. The summed E-state index contributed by atoms with van der Waals surface area (Å²) < 4.78 is 96.5. The van der Waals surface area contributed by atoms with Gasteiger partial charge in [0.1, 0.15) is 5.75 Å². The predicted molar refractivity (Wildman–Crippen MR) is 120 cm³/mol. The number of rotatable bonds is 12. The highest BCUT2D eigenvalue weighted by Gasteiger charge is 2.33. The first-order valence-electron chi connectivity index (χ1n) is 11.0. The molecule has 10 heteroatoms. The molecule has 0 spiro atoms. The number of hydrogen-bond acceptors (Lipinski definition) is 4. The summed E-state index contributed by atoms with van der Waals surface area (Å²) in [6.07, 6.45) is 1.75. The van der Waals surface area contributed by atoms with Gasteiger partial charge in [0, 0.05) is 0 Å². The van der Waals surface area contributed by atoms with Crippen LogP contribution in [0.2, 0.25) is 0 Å². The van der Waals surface area contributed by atoms with E-state index in [-0.39, 0.29) is 19.6 Å². The van der Waals surface area contributed by atoms with Crippen molar-refractivity contribution in [1.29, 1.82) is 0 Å². The van der Waals surface area contributed by atoms with Crippen LogP contribution in [0, 0.1) is 35.1 Å². The van der Waals surface area contributed by atoms with Gasteiger partial charge in [0.2, 0.25) is 11.6 Å². The Hall–Kier alpha value is -2.33. The van der Waals surface area contributed by atoms with Crippen molar-refractivity contribution < 1.29 is 40.0 Å². The first kappa shape index (κ1) is 27.9. The molecule has 0 saturated heterocycles. The van der Waals surface area contributed by atoms with Gasteiger partial charge >= 0.3 is 10.1 Å². The van der Waals surface area contributed by atoms with Gasteiger partial charge in [0.25, 0.3) is 0 Å². The van der Waals surface area contributed by atoms with Crippen molar-refractivity contribution in [2.24, 2.45) is 11.8 Å². The Kier molecular flexibility index (Phi) is 9.75. The van der Waals surface area contributed by atoms with E-state index in [1.807, 2.05) is 24.3 Å². The first-order chi connectivity index (χ1) is 15.8. The van der Waals surface area contributed by atoms with Crippen LogP contribution in [0.15, 0.2) is 29.2 Å². The molecular formula is C24H30F4O5S. The molecule has 1 unspecified atom stereocenters. The minimum Gasteiger partial charge on any atom is -0.494 e. The van der Waals surface area contributed by atoms with Gasteiger partial charge in [0.05, 0.1) is 13.2 Å². The van der Waals surface area contributed by atoms with Crippen LogP contribution in [0.4, 0.5) is 17.6 Å². The zero-order valence-corrected chi connectivity index (χ0v) is 20.4. The fraction of sp³-hybridized carbons (Fsp3) is 0.500. The van der Waals surface area contributed by atoms with E-state index in [1.54, 1.807) is 0 Å². The van der Waals surface area contributed by atoms with Crippen LogP contribution < -0.4 is 9.47 Å². The lowest BCUT2D eigenvalue weighted by Crippen LogP contribution is -2.13. The number of benzene rings is 2. The van der Waals surface area contributed by atoms with Crippen molar-refractivity contribution >= 4 is 10.1 Å². The van der Waals surface area contributed by atoms with Crippen LogP contribution in [-0.2, 0) is 10.1 Å². The predicted octanol–water partition coefficient (Wildman–Crippen LogP) is 6.51. The van der Waals surface area contributed by atoms with E-state index >= 15 is 0 Å². The summed E-state index contributed by atoms with van der Waals surface area (Å²) in [4.78, 5) is -2.10. The van der Waals surface area contributed by atoms with E-state index in [0.717, 1.165) is 6.42 Å². The molecule has 0 saturated carbocycles. The van der Waals surface area contributed by atoms with E-state index in [1.165, 1.54) is 5.56 Å². The molecule has 0 aromatic heterocycles. The topological polar surface area (TPSA) is 72.8 Å². The van der Waals surface area contributed by atoms with Crippen molar-refractivity contribution in [2.75, 3.05) is 13.2 Å². The van der Waals surface area contributed by atoms with Gasteiger partial charge in [-0.2, -0.15) is 17.2 Å². The Morgan fingerprint density at radius 3 is 1.76 bits per heavy atom. The number of hydrogen-bond donors (Lipinski definition) is 1. The van der Waals surface area contributed by atoms with Gasteiger partial charge < -0.3 is 9.47 Å². The first-order valence-corrected chi connectivity index (χ1v) is 12.5. The van der Waals surface area contributed by atoms with Crippen LogP contribution in [0.3, 0.4) is 0 Å². The molecule has 34 heavy (non-hydrogen) atoms. The molecule has 2 rings (SSSR count). The molecule has 2 aromatic carbocycles. The monoisotopic (exact) mass is 506 g/mol. The second-order valence-corrected chi connectivity index (χ2v) is 10.2. The van der Waals surface area contributed by atoms with Crippen LogP contribution in [0.5, 0.6) is 11.5 Å². The summed E-state index contributed by atoms with van der Waals surface area (Å²) in [6.45, 7) is 8.76. The van der Waals surface area contributed by atoms with Gasteiger partial charge in [-0.15, -0.1) is 0 Å². The van der Waals surface area contributed by atoms with Crippen LogP contribution in [-0.4, -0.2) is 26.2 Å². The summed E-state index contributed by atoms with van der Waals surface area (Å²) in [5, 5.41) is 0. The third-order valence-electron chi connectivity index (χ3n) is 5.33. The second kappa shape index (κ2) is 11.9. The largest absolute Gasteiger partial charge is 0.494 e. The molecule has 1 atom stereocenters. The summed E-state index contributed by atoms with van der Waals surface area (Å²) >= 11 is 0. The lowest BCUT2D eigenvalue weighted by molar-refractivity contribution is 0.242. The Morgan fingerprint density at radius 1 is 0.824 bits per heavy atom. The summed E-state index contributed by atoms with van der Waals surface area (Å²) in [6, 6.07) is 7.84. The summed E-state index contributed by atoms with van der Waals surface area (Å²) in [5.74, 6) is -7.77. The molecule has 0 amide bonds. The SMILES string of the molecule is CC(C)CC(c1ccc(OCCCCOc2c(F)c(F)c(S(=O)(=O)O)c(F)c2F)cc1)C(C)C. The number of unbranched alkanes of at least 4 members (excludes halogenated alkanes) is 1. The van der Waals surface area contributed by atoms with Gasteiger partial charge in [0.15, 0.2) is 22.3 Å². The van der Waals surface area contributed by atoms with E-state index in [0.29, 0.717) is 29.9 Å². The van der Waals surface area contributed by atoms with Crippen LogP contribution in [0.25, 0.3) is 0 Å². The Morgan fingerprint density at radius 2 is 1.32 bits per heavy atom. The second-order valence-electron chi connectivity index (χ2n) is 8.84. The average Bonchev–Trinajstić information content (AvgIpc) is 2.74. The number of ether oxygens (including phenoxy) is 2. The maximum absolute atomic E-state index is 13.9. The Bertz CT molecular complexity index is 1040. The fourth-order valence-corrected chi connectivity index (χ4v) is 4.26. The Balaban J connectivity index is 1.88. The molecule has 1 N–H and O–H groups in total. The quantitative estimate of drug-likeness (QED) is 0.154. The van der Waals surface area contributed by atoms with Gasteiger partial charge in [-0.25, -0.2) is 8.78 Å². The standard InChI is InChI=1S/C24H30F4O5S/c1-14(2)13-18(15(3)4)16-7-9-17(10-8-16)32-11-5-6-12-33-23-19(25)21(27)24(34(29,30)31)22(28)20(23)26/h7-10,14-15,18H,5-6,11-13H2,1-4H3,(H,29,30,31). The molecular weight excluding hydrogens is 476 g/mol. The maximum Gasteiger partial charge on any atom is 0.300 e. The van der Waals surface area contributed by atoms with Crippen LogP contribution in [0.1, 0.15) is 58.4 Å². The highest BCUT2D eigenvalue weighted by molar-refractivity contribution is 7.85. The highest BCUT2D eigenvalue weighted by atomic mass is 32.2. The van der Waals surface area contributed by atoms with Crippen LogP contribution >= 0.6 is 0 Å². The van der Waals surface area contributed by atoms with Crippen molar-refractivity contribution in [1.82, 2.24) is 0 Å². The normalized spacial score (nSPS) is 12.9. The highest BCUT2D eigenvalue weighted by Crippen LogP contribution is 2.33. The summed E-state index contributed by atoms with van der Waals surface area (Å²) in [7, 11) is -5.50. The zero-order chi connectivity index (χ0) is 25.6. The van der Waals surface area contributed by atoms with E-state index in [9.17, 15) is 26.0 Å². The molecule has 0 aliphatic carbocycles. The van der Waals surface area contributed by atoms with E-state index < -0.39 is 44.0 Å². The molecule has 0 aliphatic rings. The third kappa shape index (κ3) is 7.09. The summed E-state index contributed by atoms with van der Waals surface area (Å²) in [5.41, 5.74) is 1.24. The van der Waals surface area contributed by atoms with Crippen molar-refractivity contribution in [3.8, 4) is 11.5 Å². The molecule has 0 heterocycles. The van der Waals surface area contributed by atoms with E-state index in [4.69, 9.17) is 14.0 Å². The van der Waals surface area contributed by atoms with Crippen molar-refractivity contribution in [2.45, 2.75) is 57.8 Å². The maximum atomic E-state index is 13.9. The smallest absolute Gasteiger partial charge is 0.300 e.